The largest absolute Gasteiger partial charge is 0.495 e. The Morgan fingerprint density at radius 1 is 1.23 bits per heavy atom. The van der Waals surface area contributed by atoms with Gasteiger partial charge < -0.3 is 10.1 Å². The van der Waals surface area contributed by atoms with Gasteiger partial charge in [-0.25, -0.2) is 0 Å². The van der Waals surface area contributed by atoms with Crippen molar-refractivity contribution < 1.29 is 9.53 Å². The normalized spacial score (nSPS) is 11.8. The highest BCUT2D eigenvalue weighted by atomic mass is 35.5. The quantitative estimate of drug-likeness (QED) is 0.837. The maximum absolute atomic E-state index is 12.2. The maximum Gasteiger partial charge on any atom is 0.237 e. The van der Waals surface area contributed by atoms with E-state index in [1.165, 1.54) is 0 Å². The number of rotatable bonds is 6. The van der Waals surface area contributed by atoms with Gasteiger partial charge in [0.1, 0.15) is 5.75 Å². The van der Waals surface area contributed by atoms with Crippen LogP contribution in [0.2, 0.25) is 5.02 Å². The number of anilines is 1. The van der Waals surface area contributed by atoms with Crippen LogP contribution in [-0.4, -0.2) is 18.3 Å². The van der Waals surface area contributed by atoms with Gasteiger partial charge in [0, 0.05) is 10.8 Å². The average molecular weight is 336 g/mol. The third kappa shape index (κ3) is 4.68. The van der Waals surface area contributed by atoms with Crippen molar-refractivity contribution in [2.75, 3.05) is 12.4 Å². The molecule has 1 amide bonds. The van der Waals surface area contributed by atoms with Crippen molar-refractivity contribution >= 4 is 35.0 Å². The number of halogens is 1. The maximum atomic E-state index is 12.2. The smallest absolute Gasteiger partial charge is 0.237 e. The molecule has 2 rings (SSSR count). The van der Waals surface area contributed by atoms with Crippen molar-refractivity contribution in [1.82, 2.24) is 0 Å². The Kier molecular flexibility index (Phi) is 6.16. The van der Waals surface area contributed by atoms with E-state index in [1.807, 2.05) is 55.5 Å². The number of amides is 1. The Hall–Kier alpha value is -1.65. The SMILES string of the molecule is COc1ccccc1NC(=O)[C@@H](C)SCc1ccc(Cl)cc1. The first kappa shape index (κ1) is 16.7. The van der Waals surface area contributed by atoms with Crippen LogP contribution in [0.25, 0.3) is 0 Å². The van der Waals surface area contributed by atoms with Gasteiger partial charge in [0.05, 0.1) is 18.0 Å². The fraction of sp³-hybridized carbons (Fsp3) is 0.235. The first-order valence-corrected chi connectivity index (χ1v) is 8.32. The van der Waals surface area contributed by atoms with Crippen LogP contribution in [-0.2, 0) is 10.5 Å². The summed E-state index contributed by atoms with van der Waals surface area (Å²) in [6.45, 7) is 1.89. The summed E-state index contributed by atoms with van der Waals surface area (Å²) < 4.78 is 5.23. The molecule has 0 spiro atoms. The summed E-state index contributed by atoms with van der Waals surface area (Å²) in [7, 11) is 1.59. The van der Waals surface area contributed by atoms with Gasteiger partial charge in [-0.1, -0.05) is 35.9 Å². The monoisotopic (exact) mass is 335 g/mol. The van der Waals surface area contributed by atoms with Gasteiger partial charge in [-0.3, -0.25) is 4.79 Å². The van der Waals surface area contributed by atoms with Crippen LogP contribution in [0.3, 0.4) is 0 Å². The van der Waals surface area contributed by atoms with Crippen molar-refractivity contribution in [3.8, 4) is 5.75 Å². The zero-order valence-electron chi connectivity index (χ0n) is 12.5. The predicted octanol–water partition coefficient (Wildman–Crippen LogP) is 4.61. The molecular formula is C17H18ClNO2S. The molecule has 0 aliphatic rings. The molecule has 3 nitrogen and oxygen atoms in total. The number of ether oxygens (including phenoxy) is 1. The topological polar surface area (TPSA) is 38.3 Å². The molecule has 0 unspecified atom stereocenters. The Morgan fingerprint density at radius 2 is 1.91 bits per heavy atom. The number of benzene rings is 2. The van der Waals surface area contributed by atoms with Crippen LogP contribution in [0.5, 0.6) is 5.75 Å². The number of methoxy groups -OCH3 is 1. The first-order chi connectivity index (χ1) is 10.6. The zero-order chi connectivity index (χ0) is 15.9. The zero-order valence-corrected chi connectivity index (χ0v) is 14.1. The van der Waals surface area contributed by atoms with E-state index in [0.29, 0.717) is 11.4 Å². The molecule has 2 aromatic rings. The summed E-state index contributed by atoms with van der Waals surface area (Å²) in [5.41, 5.74) is 1.83. The van der Waals surface area contributed by atoms with E-state index in [0.717, 1.165) is 16.3 Å². The molecule has 0 saturated heterocycles. The van der Waals surface area contributed by atoms with E-state index in [1.54, 1.807) is 18.9 Å². The number of thioether (sulfide) groups is 1. The molecule has 22 heavy (non-hydrogen) atoms. The number of carbonyl (C=O) groups is 1. The highest BCUT2D eigenvalue weighted by molar-refractivity contribution is 7.99. The summed E-state index contributed by atoms with van der Waals surface area (Å²) in [5.74, 6) is 1.38. The minimum atomic E-state index is -0.166. The number of hydrogen-bond acceptors (Lipinski definition) is 3. The van der Waals surface area contributed by atoms with Gasteiger partial charge in [0.2, 0.25) is 5.91 Å². The van der Waals surface area contributed by atoms with Gasteiger partial charge >= 0.3 is 0 Å². The van der Waals surface area contributed by atoms with E-state index >= 15 is 0 Å². The minimum Gasteiger partial charge on any atom is -0.495 e. The molecule has 5 heteroatoms. The third-order valence-electron chi connectivity index (χ3n) is 3.15. The molecule has 0 bridgehead atoms. The van der Waals surface area contributed by atoms with Crippen LogP contribution in [0.4, 0.5) is 5.69 Å². The Balaban J connectivity index is 1.90. The van der Waals surface area contributed by atoms with Gasteiger partial charge in [-0.05, 0) is 36.8 Å². The summed E-state index contributed by atoms with van der Waals surface area (Å²) >= 11 is 7.44. The van der Waals surface area contributed by atoms with E-state index in [4.69, 9.17) is 16.3 Å². The summed E-state index contributed by atoms with van der Waals surface area (Å²) in [5, 5.41) is 3.45. The lowest BCUT2D eigenvalue weighted by atomic mass is 10.2. The highest BCUT2D eigenvalue weighted by Gasteiger charge is 2.15. The van der Waals surface area contributed by atoms with E-state index in [9.17, 15) is 4.79 Å². The Bertz CT molecular complexity index is 631. The molecule has 1 atom stereocenters. The summed E-state index contributed by atoms with van der Waals surface area (Å²) in [4.78, 5) is 12.2. The molecule has 1 N–H and O–H groups in total. The highest BCUT2D eigenvalue weighted by Crippen LogP contribution is 2.25. The number of hydrogen-bond donors (Lipinski definition) is 1. The number of nitrogens with one attached hydrogen (secondary N) is 1. The molecule has 116 valence electrons. The van der Waals surface area contributed by atoms with Gasteiger partial charge in [0.25, 0.3) is 0 Å². The molecular weight excluding hydrogens is 318 g/mol. The first-order valence-electron chi connectivity index (χ1n) is 6.90. The fourth-order valence-corrected chi connectivity index (χ4v) is 2.83. The van der Waals surface area contributed by atoms with Crippen molar-refractivity contribution in [3.63, 3.8) is 0 Å². The van der Waals surface area contributed by atoms with E-state index in [2.05, 4.69) is 5.32 Å². The standard InChI is InChI=1S/C17H18ClNO2S/c1-12(22-11-13-7-9-14(18)10-8-13)17(20)19-15-5-3-4-6-16(15)21-2/h3-10,12H,11H2,1-2H3,(H,19,20)/t12-/m1/s1. The molecule has 0 aliphatic carbocycles. The molecule has 0 aliphatic heterocycles. The second-order valence-electron chi connectivity index (χ2n) is 4.77. The van der Waals surface area contributed by atoms with Crippen molar-refractivity contribution in [2.24, 2.45) is 0 Å². The number of carbonyl (C=O) groups excluding carboxylic acids is 1. The average Bonchev–Trinajstić information content (AvgIpc) is 2.54. The molecule has 0 radical (unpaired) electrons. The lowest BCUT2D eigenvalue weighted by Gasteiger charge is -2.14. The van der Waals surface area contributed by atoms with Crippen molar-refractivity contribution in [3.05, 3.63) is 59.1 Å². The molecule has 0 aromatic heterocycles. The van der Waals surface area contributed by atoms with E-state index in [-0.39, 0.29) is 11.2 Å². The Morgan fingerprint density at radius 3 is 2.59 bits per heavy atom. The summed E-state index contributed by atoms with van der Waals surface area (Å²) in [6.07, 6.45) is 0. The lowest BCUT2D eigenvalue weighted by Crippen LogP contribution is -2.22. The molecule has 0 heterocycles. The lowest BCUT2D eigenvalue weighted by molar-refractivity contribution is -0.115. The van der Waals surface area contributed by atoms with Gasteiger partial charge in [-0.15, -0.1) is 11.8 Å². The predicted molar refractivity (Wildman–Crippen MR) is 93.8 cm³/mol. The van der Waals surface area contributed by atoms with Crippen LogP contribution in [0, 0.1) is 0 Å². The molecule has 2 aromatic carbocycles. The van der Waals surface area contributed by atoms with Gasteiger partial charge in [-0.2, -0.15) is 0 Å². The number of para-hydroxylation sites is 2. The Labute approximate surface area is 140 Å². The van der Waals surface area contributed by atoms with Crippen LogP contribution < -0.4 is 10.1 Å². The minimum absolute atomic E-state index is 0.0385. The molecule has 0 saturated carbocycles. The van der Waals surface area contributed by atoms with Gasteiger partial charge in [0.15, 0.2) is 0 Å². The third-order valence-corrected chi connectivity index (χ3v) is 4.61. The second-order valence-corrected chi connectivity index (χ2v) is 6.53. The molecule has 0 fully saturated rings. The fourth-order valence-electron chi connectivity index (χ4n) is 1.86. The van der Waals surface area contributed by atoms with E-state index < -0.39 is 0 Å². The van der Waals surface area contributed by atoms with Crippen LogP contribution >= 0.6 is 23.4 Å². The van der Waals surface area contributed by atoms with Crippen LogP contribution in [0.1, 0.15) is 12.5 Å². The van der Waals surface area contributed by atoms with Crippen molar-refractivity contribution in [2.45, 2.75) is 17.9 Å². The second kappa shape index (κ2) is 8.11. The summed E-state index contributed by atoms with van der Waals surface area (Å²) in [6, 6.07) is 15.0. The van der Waals surface area contributed by atoms with Crippen LogP contribution in [0.15, 0.2) is 48.5 Å². The van der Waals surface area contributed by atoms with Crippen molar-refractivity contribution in [1.29, 1.82) is 0 Å².